The van der Waals surface area contributed by atoms with Gasteiger partial charge in [-0.05, 0) is 42.2 Å². The van der Waals surface area contributed by atoms with Gasteiger partial charge in [-0.3, -0.25) is 4.55 Å². The molecule has 0 saturated carbocycles. The van der Waals surface area contributed by atoms with Crippen LogP contribution in [0.3, 0.4) is 0 Å². The maximum Gasteiger partial charge on any atom is 0.295 e. The lowest BCUT2D eigenvalue weighted by Crippen LogP contribution is -2.06. The molecule has 0 saturated heterocycles. The predicted octanol–water partition coefficient (Wildman–Crippen LogP) is 7.89. The topological polar surface area (TPSA) is 54.4 Å². The van der Waals surface area contributed by atoms with E-state index in [1.807, 2.05) is 30.3 Å². The predicted molar refractivity (Wildman–Crippen MR) is 128 cm³/mol. The molecule has 1 N–H and O–H groups in total. The quantitative estimate of drug-likeness (QED) is 0.230. The minimum atomic E-state index is -4.28. The summed E-state index contributed by atoms with van der Waals surface area (Å²) in [6.45, 7) is 4.42. The van der Waals surface area contributed by atoms with E-state index in [1.54, 1.807) is 0 Å². The van der Waals surface area contributed by atoms with E-state index in [1.165, 1.54) is 51.4 Å². The second-order valence-electron chi connectivity index (χ2n) is 8.58. The summed E-state index contributed by atoms with van der Waals surface area (Å²) in [5.74, 6) is 0. The number of rotatable bonds is 15. The van der Waals surface area contributed by atoms with Crippen LogP contribution in [0, 0.1) is 0 Å². The van der Waals surface area contributed by atoms with E-state index in [0.29, 0.717) is 6.42 Å². The average Bonchev–Trinajstić information content (AvgIpc) is 2.72. The molecule has 0 atom stereocenters. The smallest absolute Gasteiger partial charge is 0.282 e. The Morgan fingerprint density at radius 2 is 1.20 bits per heavy atom. The lowest BCUT2D eigenvalue weighted by molar-refractivity contribution is 0.482. The van der Waals surface area contributed by atoms with Crippen LogP contribution in [0.5, 0.6) is 0 Å². The average molecular weight is 433 g/mol. The molecule has 0 aliphatic rings. The summed E-state index contributed by atoms with van der Waals surface area (Å²) in [6, 6.07) is 9.88. The molecule has 0 unspecified atom stereocenters. The van der Waals surface area contributed by atoms with Gasteiger partial charge in [-0.2, -0.15) is 8.42 Å². The maximum absolute atomic E-state index is 12.4. The molecule has 0 aliphatic heterocycles. The second kappa shape index (κ2) is 13.1. The molecule has 168 valence electrons. The number of hydrogen-bond acceptors (Lipinski definition) is 2. The molecule has 0 amide bonds. The molecule has 2 rings (SSSR count). The molecule has 3 nitrogen and oxygen atoms in total. The highest BCUT2D eigenvalue weighted by atomic mass is 32.2. The van der Waals surface area contributed by atoms with Crippen molar-refractivity contribution in [3.8, 4) is 0 Å². The standard InChI is InChI=1S/C26H40O3S/c1-3-5-7-9-11-13-16-22-18-15-19-23-20-21-24(17-14-12-10-8-6-4-2)26(25(22)23)30(27,28)29/h15,18-21H,3-14,16-17H2,1-2H3,(H,27,28,29). The highest BCUT2D eigenvalue weighted by Gasteiger charge is 2.21. The van der Waals surface area contributed by atoms with E-state index in [0.717, 1.165) is 54.0 Å². The van der Waals surface area contributed by atoms with Gasteiger partial charge in [0.25, 0.3) is 10.1 Å². The Bertz CT molecular complexity index is 871. The zero-order valence-electron chi connectivity index (χ0n) is 19.0. The fourth-order valence-electron chi connectivity index (χ4n) is 4.35. The van der Waals surface area contributed by atoms with Gasteiger partial charge in [-0.15, -0.1) is 0 Å². The fourth-order valence-corrected chi connectivity index (χ4v) is 5.36. The number of fused-ring (bicyclic) bond motifs is 1. The van der Waals surface area contributed by atoms with Crippen LogP contribution in [0.25, 0.3) is 10.8 Å². The van der Waals surface area contributed by atoms with Gasteiger partial charge in [0.1, 0.15) is 4.90 Å². The van der Waals surface area contributed by atoms with Gasteiger partial charge in [-0.25, -0.2) is 0 Å². The molecular formula is C26H40O3S. The van der Waals surface area contributed by atoms with Crippen molar-refractivity contribution >= 4 is 20.9 Å². The fraction of sp³-hybridized carbons (Fsp3) is 0.615. The van der Waals surface area contributed by atoms with Gasteiger partial charge in [0, 0.05) is 5.39 Å². The number of aryl methyl sites for hydroxylation is 2. The number of hydrogen-bond donors (Lipinski definition) is 1. The third kappa shape index (κ3) is 7.70. The van der Waals surface area contributed by atoms with Crippen molar-refractivity contribution in [1.29, 1.82) is 0 Å². The molecule has 0 radical (unpaired) electrons. The first kappa shape index (κ1) is 24.9. The minimum Gasteiger partial charge on any atom is -0.282 e. The van der Waals surface area contributed by atoms with Gasteiger partial charge < -0.3 is 0 Å². The van der Waals surface area contributed by atoms with E-state index >= 15 is 0 Å². The summed E-state index contributed by atoms with van der Waals surface area (Å²) < 4.78 is 34.9. The van der Waals surface area contributed by atoms with Gasteiger partial charge >= 0.3 is 0 Å². The summed E-state index contributed by atoms with van der Waals surface area (Å²) in [6.07, 6.45) is 15.7. The molecule has 30 heavy (non-hydrogen) atoms. The molecule has 4 heteroatoms. The van der Waals surface area contributed by atoms with Crippen LogP contribution in [0.2, 0.25) is 0 Å². The van der Waals surface area contributed by atoms with Crippen LogP contribution in [0.4, 0.5) is 0 Å². The zero-order valence-corrected chi connectivity index (χ0v) is 19.8. The van der Waals surface area contributed by atoms with Crippen molar-refractivity contribution in [2.24, 2.45) is 0 Å². The third-order valence-electron chi connectivity index (χ3n) is 6.02. The van der Waals surface area contributed by atoms with Gasteiger partial charge in [0.2, 0.25) is 0 Å². The second-order valence-corrected chi connectivity index (χ2v) is 9.94. The zero-order chi connectivity index (χ0) is 21.8. The largest absolute Gasteiger partial charge is 0.295 e. The Kier molecular flexibility index (Phi) is 10.9. The van der Waals surface area contributed by atoms with Crippen molar-refractivity contribution in [2.45, 2.75) is 109 Å². The van der Waals surface area contributed by atoms with Crippen LogP contribution < -0.4 is 0 Å². The maximum atomic E-state index is 12.4. The van der Waals surface area contributed by atoms with Crippen molar-refractivity contribution in [3.63, 3.8) is 0 Å². The van der Waals surface area contributed by atoms with Crippen molar-refractivity contribution in [3.05, 3.63) is 41.5 Å². The summed E-state index contributed by atoms with van der Waals surface area (Å²) in [5, 5.41) is 1.63. The van der Waals surface area contributed by atoms with Crippen LogP contribution in [-0.2, 0) is 23.0 Å². The molecule has 0 fully saturated rings. The summed E-state index contributed by atoms with van der Waals surface area (Å²) in [4.78, 5) is 0.148. The van der Waals surface area contributed by atoms with E-state index in [2.05, 4.69) is 13.8 Å². The Labute approximate surface area is 184 Å². The van der Waals surface area contributed by atoms with Gasteiger partial charge in [0.15, 0.2) is 0 Å². The molecule has 2 aromatic rings. The molecule has 0 bridgehead atoms. The van der Waals surface area contributed by atoms with Gasteiger partial charge in [-0.1, -0.05) is 108 Å². The molecule has 0 spiro atoms. The van der Waals surface area contributed by atoms with Gasteiger partial charge in [0.05, 0.1) is 0 Å². The Morgan fingerprint density at radius 3 is 1.77 bits per heavy atom. The first-order valence-electron chi connectivity index (χ1n) is 12.0. The molecule has 0 aromatic heterocycles. The highest BCUT2D eigenvalue weighted by Crippen LogP contribution is 2.32. The van der Waals surface area contributed by atoms with Crippen LogP contribution in [0.1, 0.15) is 102 Å². The first-order chi connectivity index (χ1) is 14.5. The normalized spacial score (nSPS) is 12.0. The molecule has 0 heterocycles. The summed E-state index contributed by atoms with van der Waals surface area (Å²) in [7, 11) is -4.28. The van der Waals surface area contributed by atoms with Crippen molar-refractivity contribution in [1.82, 2.24) is 0 Å². The highest BCUT2D eigenvalue weighted by molar-refractivity contribution is 7.86. The minimum absolute atomic E-state index is 0.148. The van der Waals surface area contributed by atoms with E-state index in [4.69, 9.17) is 0 Å². The lowest BCUT2D eigenvalue weighted by Gasteiger charge is -2.15. The molecular weight excluding hydrogens is 392 g/mol. The van der Waals surface area contributed by atoms with Crippen LogP contribution in [0.15, 0.2) is 35.2 Å². The van der Waals surface area contributed by atoms with Crippen molar-refractivity contribution < 1.29 is 13.0 Å². The van der Waals surface area contributed by atoms with Crippen LogP contribution >= 0.6 is 0 Å². The van der Waals surface area contributed by atoms with Crippen LogP contribution in [-0.4, -0.2) is 13.0 Å². The SMILES string of the molecule is CCCCCCCCc1ccc2cccc(CCCCCCCC)c2c1S(=O)(=O)O. The summed E-state index contributed by atoms with van der Waals surface area (Å²) >= 11 is 0. The van der Waals surface area contributed by atoms with E-state index in [9.17, 15) is 13.0 Å². The Morgan fingerprint density at radius 1 is 0.667 bits per heavy atom. The number of benzene rings is 2. The molecule has 2 aromatic carbocycles. The summed E-state index contributed by atoms with van der Waals surface area (Å²) in [5.41, 5.74) is 1.80. The van der Waals surface area contributed by atoms with E-state index < -0.39 is 10.1 Å². The Hall–Kier alpha value is -1.39. The van der Waals surface area contributed by atoms with E-state index in [-0.39, 0.29) is 4.90 Å². The Balaban J connectivity index is 2.20. The first-order valence-corrected chi connectivity index (χ1v) is 13.4. The number of unbranched alkanes of at least 4 members (excludes halogenated alkanes) is 10. The molecule has 0 aliphatic carbocycles. The third-order valence-corrected chi connectivity index (χ3v) is 7.01. The lowest BCUT2D eigenvalue weighted by atomic mass is 9.95. The van der Waals surface area contributed by atoms with Crippen molar-refractivity contribution in [2.75, 3.05) is 0 Å². The monoisotopic (exact) mass is 432 g/mol.